The summed E-state index contributed by atoms with van der Waals surface area (Å²) in [7, 11) is 1.35. The van der Waals surface area contributed by atoms with Crippen molar-refractivity contribution in [3.8, 4) is 11.5 Å². The second-order valence-corrected chi connectivity index (χ2v) is 3.42. The van der Waals surface area contributed by atoms with E-state index in [1.54, 1.807) is 0 Å². The first-order valence-electron chi connectivity index (χ1n) is 9.55. The third-order valence-electron chi connectivity index (χ3n) is 2.01. The zero-order chi connectivity index (χ0) is 21.2. The summed E-state index contributed by atoms with van der Waals surface area (Å²) in [4.78, 5) is 9.59. The second kappa shape index (κ2) is 30.6. The molecule has 0 saturated heterocycles. The number of benzene rings is 2. The van der Waals surface area contributed by atoms with E-state index in [4.69, 9.17) is 4.74 Å². The zero-order valence-corrected chi connectivity index (χ0v) is 18.5. The number of carbonyl (C=O) groups excluding carboxylic acids is 1. The molecule has 3 heteroatoms. The Morgan fingerprint density at radius 2 is 0.846 bits per heavy atom. The molecule has 26 heavy (non-hydrogen) atoms. The van der Waals surface area contributed by atoms with Crippen LogP contribution in [0, 0.1) is 0 Å². The summed E-state index contributed by atoms with van der Waals surface area (Å²) in [5.41, 5.74) is 0. The molecule has 0 atom stereocenters. The fraction of sp³-hybridized carbons (Fsp3) is 0.435. The van der Waals surface area contributed by atoms with Crippen LogP contribution in [0.1, 0.15) is 62.3 Å². The van der Waals surface area contributed by atoms with Gasteiger partial charge in [-0.25, -0.2) is 0 Å². The van der Waals surface area contributed by atoms with Crippen molar-refractivity contribution in [2.75, 3.05) is 7.11 Å². The van der Waals surface area contributed by atoms with Crippen molar-refractivity contribution >= 4 is 5.97 Å². The first-order valence-corrected chi connectivity index (χ1v) is 9.55. The van der Waals surface area contributed by atoms with Gasteiger partial charge in [-0.05, 0) is 24.3 Å². The van der Waals surface area contributed by atoms with Crippen molar-refractivity contribution in [2.45, 2.75) is 62.3 Å². The molecule has 2 rings (SSSR count). The third kappa shape index (κ3) is 24.0. The molecule has 0 aliphatic carbocycles. The minimum Gasteiger partial charge on any atom is -0.469 e. The van der Waals surface area contributed by atoms with Crippen LogP contribution in [0.25, 0.3) is 0 Å². The Morgan fingerprint density at radius 1 is 0.615 bits per heavy atom. The summed E-state index contributed by atoms with van der Waals surface area (Å²) in [6.07, 6.45) is 0. The summed E-state index contributed by atoms with van der Waals surface area (Å²) in [5, 5.41) is 0. The van der Waals surface area contributed by atoms with E-state index in [-0.39, 0.29) is 5.97 Å². The average Bonchev–Trinajstić information content (AvgIpc) is 2.76. The number of hydrogen-bond acceptors (Lipinski definition) is 3. The van der Waals surface area contributed by atoms with E-state index in [0.29, 0.717) is 0 Å². The highest BCUT2D eigenvalue weighted by Crippen LogP contribution is 2.19. The maximum Gasteiger partial charge on any atom is 0.302 e. The first-order chi connectivity index (χ1) is 12.7. The van der Waals surface area contributed by atoms with Crippen molar-refractivity contribution in [3.05, 3.63) is 60.7 Å². The minimum absolute atomic E-state index is 0.245. The molecule has 0 aliphatic rings. The van der Waals surface area contributed by atoms with Gasteiger partial charge in [0.2, 0.25) is 0 Å². The number of methoxy groups -OCH3 is 1. The molecule has 3 nitrogen and oxygen atoms in total. The van der Waals surface area contributed by atoms with Crippen LogP contribution in [0.4, 0.5) is 0 Å². The van der Waals surface area contributed by atoms with E-state index in [1.807, 2.05) is 116 Å². The maximum absolute atomic E-state index is 9.59. The van der Waals surface area contributed by atoms with Crippen molar-refractivity contribution in [3.63, 3.8) is 0 Å². The second-order valence-electron chi connectivity index (χ2n) is 3.42. The van der Waals surface area contributed by atoms with Gasteiger partial charge < -0.3 is 9.47 Å². The molecule has 0 N–H and O–H groups in total. The summed E-state index contributed by atoms with van der Waals surface area (Å²) in [5.74, 6) is 1.49. The van der Waals surface area contributed by atoms with E-state index in [9.17, 15) is 4.79 Å². The molecule has 0 saturated carbocycles. The molecule has 0 bridgehead atoms. The maximum atomic E-state index is 9.59. The highest BCUT2D eigenvalue weighted by Gasteiger charge is 1.92. The number of hydrogen-bond donors (Lipinski definition) is 0. The average molecular weight is 365 g/mol. The Hall–Kier alpha value is -2.29. The first kappa shape index (κ1) is 31.5. The van der Waals surface area contributed by atoms with Crippen LogP contribution in [-0.4, -0.2) is 13.1 Å². The Morgan fingerprint density at radius 3 is 1.04 bits per heavy atom. The van der Waals surface area contributed by atoms with E-state index in [0.717, 1.165) is 11.5 Å². The van der Waals surface area contributed by atoms with Gasteiger partial charge in [-0.2, -0.15) is 0 Å². The van der Waals surface area contributed by atoms with E-state index in [2.05, 4.69) is 4.74 Å². The van der Waals surface area contributed by atoms with Crippen LogP contribution < -0.4 is 4.74 Å². The van der Waals surface area contributed by atoms with Crippen molar-refractivity contribution in [2.24, 2.45) is 0 Å². The number of ether oxygens (including phenoxy) is 2. The van der Waals surface area contributed by atoms with Gasteiger partial charge in [0.25, 0.3) is 0 Å². The molecular formula is C23H40O3. The quantitative estimate of drug-likeness (QED) is 0.511. The molecule has 2 aromatic rings. The van der Waals surface area contributed by atoms with Gasteiger partial charge in [0.1, 0.15) is 11.5 Å². The number of esters is 1. The van der Waals surface area contributed by atoms with Crippen LogP contribution in [0.15, 0.2) is 60.7 Å². The van der Waals surface area contributed by atoms with Crippen molar-refractivity contribution in [1.29, 1.82) is 0 Å². The summed E-state index contributed by atoms with van der Waals surface area (Å²) in [6.45, 7) is 17.4. The molecule has 0 unspecified atom stereocenters. The van der Waals surface area contributed by atoms with Gasteiger partial charge >= 0.3 is 5.97 Å². The van der Waals surface area contributed by atoms with Crippen LogP contribution in [0.3, 0.4) is 0 Å². The van der Waals surface area contributed by atoms with Gasteiger partial charge in [-0.3, -0.25) is 4.79 Å². The summed E-state index contributed by atoms with van der Waals surface area (Å²) >= 11 is 0. The molecule has 0 spiro atoms. The number of para-hydroxylation sites is 2. The Balaban J connectivity index is -0.000000158. The van der Waals surface area contributed by atoms with E-state index in [1.165, 1.54) is 14.0 Å². The topological polar surface area (TPSA) is 35.5 Å². The van der Waals surface area contributed by atoms with Crippen LogP contribution in [-0.2, 0) is 9.53 Å². The van der Waals surface area contributed by atoms with Gasteiger partial charge in [0.15, 0.2) is 0 Å². The largest absolute Gasteiger partial charge is 0.469 e. The van der Waals surface area contributed by atoms with E-state index < -0.39 is 0 Å². The SMILES string of the molecule is CC.CC.CC.CC.COC(C)=O.c1ccc(Oc2ccccc2)cc1. The highest BCUT2D eigenvalue weighted by molar-refractivity contribution is 5.65. The van der Waals surface area contributed by atoms with Crippen molar-refractivity contribution in [1.82, 2.24) is 0 Å². The molecule has 0 aliphatic heterocycles. The molecule has 0 fully saturated rings. The smallest absolute Gasteiger partial charge is 0.302 e. The lowest BCUT2D eigenvalue weighted by molar-refractivity contribution is -0.137. The Bertz CT molecular complexity index is 416. The van der Waals surface area contributed by atoms with Crippen LogP contribution in [0.5, 0.6) is 11.5 Å². The lowest BCUT2D eigenvalue weighted by atomic mass is 10.3. The third-order valence-corrected chi connectivity index (χ3v) is 2.01. The Kier molecular flexibility index (Phi) is 37.0. The zero-order valence-electron chi connectivity index (χ0n) is 18.5. The molecule has 2 aromatic carbocycles. The summed E-state index contributed by atoms with van der Waals surface area (Å²) < 4.78 is 9.69. The molecule has 0 amide bonds. The lowest BCUT2D eigenvalue weighted by Crippen LogP contribution is -1.88. The van der Waals surface area contributed by atoms with Crippen LogP contribution in [0.2, 0.25) is 0 Å². The summed E-state index contributed by atoms with van der Waals surface area (Å²) in [6, 6.07) is 19.5. The number of carbonyl (C=O) groups is 1. The van der Waals surface area contributed by atoms with Crippen molar-refractivity contribution < 1.29 is 14.3 Å². The predicted octanol–water partition coefficient (Wildman–Crippen LogP) is 7.76. The highest BCUT2D eigenvalue weighted by atomic mass is 16.5. The van der Waals surface area contributed by atoms with Gasteiger partial charge in [0.05, 0.1) is 7.11 Å². The standard InChI is InChI=1S/C12H10O.C3H6O2.4C2H6/c1-3-7-11(8-4-1)13-12-9-5-2-6-10-12;1-3(4)5-2;4*1-2/h1-10H;1-2H3;4*1-2H3. The van der Waals surface area contributed by atoms with Crippen LogP contribution >= 0.6 is 0 Å². The monoisotopic (exact) mass is 364 g/mol. The fourth-order valence-electron chi connectivity index (χ4n) is 1.11. The molecule has 0 heterocycles. The molecule has 150 valence electrons. The molecular weight excluding hydrogens is 324 g/mol. The van der Waals surface area contributed by atoms with E-state index >= 15 is 0 Å². The number of rotatable bonds is 2. The minimum atomic E-state index is -0.245. The van der Waals surface area contributed by atoms with Gasteiger partial charge in [-0.1, -0.05) is 91.8 Å². The lowest BCUT2D eigenvalue weighted by Gasteiger charge is -2.03. The predicted molar refractivity (Wildman–Crippen MR) is 116 cm³/mol. The van der Waals surface area contributed by atoms with Gasteiger partial charge in [0, 0.05) is 6.92 Å². The molecule has 0 aromatic heterocycles. The Labute approximate surface area is 162 Å². The normalized spacial score (nSPS) is 7.00. The molecule has 0 radical (unpaired) electrons. The fourth-order valence-corrected chi connectivity index (χ4v) is 1.11. The van der Waals surface area contributed by atoms with Gasteiger partial charge in [-0.15, -0.1) is 0 Å².